The van der Waals surface area contributed by atoms with Gasteiger partial charge in [-0.1, -0.05) is 72.8 Å². The zero-order chi connectivity index (χ0) is 26.7. The predicted octanol–water partition coefficient (Wildman–Crippen LogP) is 4.96. The maximum absolute atomic E-state index is 12.9. The Morgan fingerprint density at radius 3 is 2.16 bits per heavy atom. The third-order valence-electron chi connectivity index (χ3n) is 6.97. The molecule has 6 nitrogen and oxygen atoms in total. The van der Waals surface area contributed by atoms with Crippen LogP contribution in [-0.4, -0.2) is 59.0 Å². The standard InChI is InChI=1S/C32H35N5O/c1-35(24-31(28-9-5-3-6-10-28)29-11-7-4-8-12-29)19-18-32(38)36(2)20-17-30-22-34-25-37(30)23-27-15-13-26(21-33)14-16-27/h3-16,22,25,31H,17-20,23-24H2,1-2H3. The molecular weight excluding hydrogens is 470 g/mol. The third kappa shape index (κ3) is 7.41. The Hall–Kier alpha value is -4.21. The van der Waals surface area contributed by atoms with Crippen molar-refractivity contribution in [2.45, 2.75) is 25.3 Å². The molecule has 0 fully saturated rings. The summed E-state index contributed by atoms with van der Waals surface area (Å²) in [5.41, 5.74) is 5.42. The second-order valence-electron chi connectivity index (χ2n) is 9.77. The van der Waals surface area contributed by atoms with E-state index in [1.54, 1.807) is 0 Å². The minimum absolute atomic E-state index is 0.144. The van der Waals surface area contributed by atoms with Crippen molar-refractivity contribution in [1.82, 2.24) is 19.4 Å². The van der Waals surface area contributed by atoms with Crippen molar-refractivity contribution in [3.63, 3.8) is 0 Å². The summed E-state index contributed by atoms with van der Waals surface area (Å²) in [6.07, 6.45) is 4.90. The number of hydrogen-bond donors (Lipinski definition) is 0. The van der Waals surface area contributed by atoms with Gasteiger partial charge in [0.05, 0.1) is 18.0 Å². The van der Waals surface area contributed by atoms with Crippen LogP contribution < -0.4 is 0 Å². The van der Waals surface area contributed by atoms with E-state index in [0.717, 1.165) is 24.2 Å². The fraction of sp³-hybridized carbons (Fsp3) is 0.281. The summed E-state index contributed by atoms with van der Waals surface area (Å²) in [5.74, 6) is 0.401. The van der Waals surface area contributed by atoms with Crippen molar-refractivity contribution < 1.29 is 4.79 Å². The summed E-state index contributed by atoms with van der Waals surface area (Å²) < 4.78 is 2.10. The summed E-state index contributed by atoms with van der Waals surface area (Å²) in [6, 6.07) is 30.9. The number of hydrogen-bond acceptors (Lipinski definition) is 4. The second-order valence-corrected chi connectivity index (χ2v) is 9.77. The van der Waals surface area contributed by atoms with Gasteiger partial charge in [0.15, 0.2) is 0 Å². The van der Waals surface area contributed by atoms with Gasteiger partial charge in [0, 0.05) is 63.9 Å². The third-order valence-corrected chi connectivity index (χ3v) is 6.97. The monoisotopic (exact) mass is 505 g/mol. The average molecular weight is 506 g/mol. The van der Waals surface area contributed by atoms with Crippen LogP contribution in [0.2, 0.25) is 0 Å². The van der Waals surface area contributed by atoms with Crippen molar-refractivity contribution in [2.24, 2.45) is 0 Å². The van der Waals surface area contributed by atoms with Crippen LogP contribution in [0.4, 0.5) is 0 Å². The minimum atomic E-state index is 0.144. The normalized spacial score (nSPS) is 11.0. The van der Waals surface area contributed by atoms with Crippen molar-refractivity contribution in [3.8, 4) is 6.07 Å². The number of nitrogens with zero attached hydrogens (tertiary/aromatic N) is 5. The van der Waals surface area contributed by atoms with Gasteiger partial charge < -0.3 is 14.4 Å². The molecule has 0 aliphatic rings. The van der Waals surface area contributed by atoms with Crippen LogP contribution in [0.3, 0.4) is 0 Å². The highest BCUT2D eigenvalue weighted by Gasteiger charge is 2.18. The highest BCUT2D eigenvalue weighted by atomic mass is 16.2. The smallest absolute Gasteiger partial charge is 0.223 e. The van der Waals surface area contributed by atoms with E-state index in [-0.39, 0.29) is 11.8 Å². The molecule has 0 aliphatic heterocycles. The minimum Gasteiger partial charge on any atom is -0.345 e. The molecule has 1 amide bonds. The van der Waals surface area contributed by atoms with Crippen molar-refractivity contribution >= 4 is 5.91 Å². The first kappa shape index (κ1) is 26.8. The number of rotatable bonds is 12. The Morgan fingerprint density at radius 2 is 1.55 bits per heavy atom. The molecule has 0 N–H and O–H groups in total. The van der Waals surface area contributed by atoms with E-state index < -0.39 is 0 Å². The van der Waals surface area contributed by atoms with Crippen LogP contribution in [0.1, 0.15) is 40.3 Å². The van der Waals surface area contributed by atoms with Gasteiger partial charge in [0.25, 0.3) is 0 Å². The fourth-order valence-electron chi connectivity index (χ4n) is 4.64. The van der Waals surface area contributed by atoms with Gasteiger partial charge in [-0.3, -0.25) is 4.79 Å². The first-order valence-electron chi connectivity index (χ1n) is 13.0. The van der Waals surface area contributed by atoms with Gasteiger partial charge in [-0.25, -0.2) is 4.98 Å². The molecule has 4 aromatic rings. The molecule has 0 spiro atoms. The maximum atomic E-state index is 12.9. The Labute approximate surface area is 225 Å². The lowest BCUT2D eigenvalue weighted by Gasteiger charge is -2.26. The molecule has 6 heteroatoms. The molecule has 194 valence electrons. The molecule has 0 radical (unpaired) electrons. The average Bonchev–Trinajstić information content (AvgIpc) is 3.41. The summed E-state index contributed by atoms with van der Waals surface area (Å²) in [6.45, 7) is 2.88. The summed E-state index contributed by atoms with van der Waals surface area (Å²) in [7, 11) is 3.97. The number of carbonyl (C=O) groups excluding carboxylic acids is 1. The highest BCUT2D eigenvalue weighted by molar-refractivity contribution is 5.76. The van der Waals surface area contributed by atoms with Crippen LogP contribution in [0.15, 0.2) is 97.5 Å². The molecule has 0 atom stereocenters. The molecule has 3 aromatic carbocycles. The van der Waals surface area contributed by atoms with E-state index >= 15 is 0 Å². The Morgan fingerprint density at radius 1 is 0.921 bits per heavy atom. The molecule has 0 saturated heterocycles. The van der Waals surface area contributed by atoms with E-state index in [1.807, 2.05) is 60.9 Å². The molecule has 0 aliphatic carbocycles. The van der Waals surface area contributed by atoms with Crippen molar-refractivity contribution in [1.29, 1.82) is 5.26 Å². The van der Waals surface area contributed by atoms with Gasteiger partial charge in [-0.2, -0.15) is 5.26 Å². The van der Waals surface area contributed by atoms with E-state index in [0.29, 0.717) is 31.6 Å². The zero-order valence-electron chi connectivity index (χ0n) is 22.2. The van der Waals surface area contributed by atoms with Crippen LogP contribution in [0, 0.1) is 11.3 Å². The topological polar surface area (TPSA) is 65.2 Å². The Kier molecular flexibility index (Phi) is 9.44. The number of nitriles is 1. The molecule has 38 heavy (non-hydrogen) atoms. The lowest BCUT2D eigenvalue weighted by molar-refractivity contribution is -0.130. The summed E-state index contributed by atoms with van der Waals surface area (Å²) in [4.78, 5) is 21.3. The van der Waals surface area contributed by atoms with Gasteiger partial charge in [-0.05, 0) is 35.9 Å². The molecule has 0 unspecified atom stereocenters. The van der Waals surface area contributed by atoms with Crippen molar-refractivity contribution in [2.75, 3.05) is 33.7 Å². The van der Waals surface area contributed by atoms with Crippen LogP contribution >= 0.6 is 0 Å². The first-order chi connectivity index (χ1) is 18.5. The number of carbonyl (C=O) groups is 1. The number of likely N-dealkylation sites (N-methyl/N-ethyl adjacent to an activating group) is 2. The zero-order valence-corrected chi connectivity index (χ0v) is 22.2. The molecule has 1 heterocycles. The van der Waals surface area contributed by atoms with E-state index in [9.17, 15) is 4.79 Å². The lowest BCUT2D eigenvalue weighted by Crippen LogP contribution is -2.33. The van der Waals surface area contributed by atoms with E-state index in [1.165, 1.54) is 11.1 Å². The van der Waals surface area contributed by atoms with Gasteiger partial charge in [0.1, 0.15) is 0 Å². The van der Waals surface area contributed by atoms with Crippen LogP contribution in [0.5, 0.6) is 0 Å². The Balaban J connectivity index is 1.27. The lowest BCUT2D eigenvalue weighted by atomic mass is 9.91. The van der Waals surface area contributed by atoms with Crippen LogP contribution in [0.25, 0.3) is 0 Å². The van der Waals surface area contributed by atoms with Gasteiger partial charge in [0.2, 0.25) is 5.91 Å². The number of aromatic nitrogens is 2. The van der Waals surface area contributed by atoms with Gasteiger partial charge >= 0.3 is 0 Å². The van der Waals surface area contributed by atoms with Crippen molar-refractivity contribution in [3.05, 3.63) is 125 Å². The number of benzene rings is 3. The Bertz CT molecular complexity index is 1290. The highest BCUT2D eigenvalue weighted by Crippen LogP contribution is 2.25. The number of amides is 1. The molecule has 4 rings (SSSR count). The molecule has 0 bridgehead atoms. The quantitative estimate of drug-likeness (QED) is 0.273. The van der Waals surface area contributed by atoms with E-state index in [4.69, 9.17) is 5.26 Å². The summed E-state index contributed by atoms with van der Waals surface area (Å²) in [5, 5.41) is 9.00. The first-order valence-corrected chi connectivity index (χ1v) is 13.0. The van der Waals surface area contributed by atoms with Crippen LogP contribution in [-0.2, 0) is 17.8 Å². The largest absolute Gasteiger partial charge is 0.345 e. The SMILES string of the molecule is CN(CCC(=O)N(C)CCc1cncn1Cc1ccc(C#N)cc1)CC(c1ccccc1)c1ccccc1. The molecule has 1 aromatic heterocycles. The number of imidazole rings is 1. The van der Waals surface area contributed by atoms with E-state index in [2.05, 4.69) is 76.1 Å². The fourth-order valence-corrected chi connectivity index (χ4v) is 4.64. The van der Waals surface area contributed by atoms with Gasteiger partial charge in [-0.15, -0.1) is 0 Å². The predicted molar refractivity (Wildman–Crippen MR) is 151 cm³/mol. The molecule has 0 saturated carbocycles. The summed E-state index contributed by atoms with van der Waals surface area (Å²) >= 11 is 0. The second kappa shape index (κ2) is 13.4. The molecular formula is C32H35N5O. The maximum Gasteiger partial charge on any atom is 0.223 e.